The molecule has 1 aliphatic rings. The van der Waals surface area contributed by atoms with Gasteiger partial charge in [-0.1, -0.05) is 12.1 Å². The Bertz CT molecular complexity index is 421. The van der Waals surface area contributed by atoms with Gasteiger partial charge >= 0.3 is 0 Å². The Morgan fingerprint density at radius 1 is 1.56 bits per heavy atom. The molecule has 6 heteroatoms. The molecule has 0 bridgehead atoms. The number of hydrogen-bond acceptors (Lipinski definition) is 5. The van der Waals surface area contributed by atoms with Crippen LogP contribution in [0.25, 0.3) is 0 Å². The topological polar surface area (TPSA) is 77.0 Å². The Labute approximate surface area is 104 Å². The minimum Gasteiger partial charge on any atom is -0.485 e. The van der Waals surface area contributed by atoms with Gasteiger partial charge in [0, 0.05) is 0 Å². The van der Waals surface area contributed by atoms with Gasteiger partial charge < -0.3 is 14.6 Å². The van der Waals surface area contributed by atoms with E-state index in [1.165, 1.54) is 0 Å². The lowest BCUT2D eigenvalue weighted by Crippen LogP contribution is -2.44. The molecule has 0 radical (unpaired) electrons. The van der Waals surface area contributed by atoms with E-state index < -0.39 is 18.1 Å². The van der Waals surface area contributed by atoms with Crippen LogP contribution in [0.4, 0.5) is 0 Å². The zero-order valence-electron chi connectivity index (χ0n) is 9.96. The van der Waals surface area contributed by atoms with Crippen LogP contribution in [0.1, 0.15) is 6.92 Å². The van der Waals surface area contributed by atoms with E-state index in [9.17, 15) is 4.79 Å². The van der Waals surface area contributed by atoms with Crippen molar-refractivity contribution in [1.82, 2.24) is 5.48 Å². The van der Waals surface area contributed by atoms with Crippen molar-refractivity contribution in [3.8, 4) is 11.5 Å². The van der Waals surface area contributed by atoms with E-state index >= 15 is 0 Å². The second-order valence-corrected chi connectivity index (χ2v) is 3.99. The lowest BCUT2D eigenvalue weighted by molar-refractivity contribution is -0.145. The predicted molar refractivity (Wildman–Crippen MR) is 62.1 cm³/mol. The Hall–Kier alpha value is -1.79. The van der Waals surface area contributed by atoms with Gasteiger partial charge in [-0.2, -0.15) is 0 Å². The third-order valence-electron chi connectivity index (χ3n) is 2.30. The van der Waals surface area contributed by atoms with Crippen LogP contribution in [0.3, 0.4) is 0 Å². The zero-order chi connectivity index (χ0) is 13.0. The van der Waals surface area contributed by atoms with Crippen LogP contribution in [-0.2, 0) is 9.63 Å². The van der Waals surface area contributed by atoms with E-state index in [-0.39, 0.29) is 13.2 Å². The first-order valence-corrected chi connectivity index (χ1v) is 5.65. The molecule has 0 saturated carbocycles. The number of aliphatic hydroxyl groups excluding tert-OH is 1. The fourth-order valence-corrected chi connectivity index (χ4v) is 1.45. The van der Waals surface area contributed by atoms with Crippen LogP contribution in [0.2, 0.25) is 0 Å². The monoisotopic (exact) mass is 253 g/mol. The van der Waals surface area contributed by atoms with Gasteiger partial charge in [-0.15, -0.1) is 0 Å². The fourth-order valence-electron chi connectivity index (χ4n) is 1.45. The molecule has 98 valence electrons. The lowest BCUT2D eigenvalue weighted by Gasteiger charge is -2.25. The number of hydrogen-bond donors (Lipinski definition) is 2. The fraction of sp³-hybridized carbons (Fsp3) is 0.417. The molecule has 2 rings (SSSR count). The molecule has 2 unspecified atom stereocenters. The summed E-state index contributed by atoms with van der Waals surface area (Å²) in [6.45, 7) is 1.71. The molecule has 0 fully saturated rings. The average molecular weight is 253 g/mol. The van der Waals surface area contributed by atoms with E-state index in [0.717, 1.165) is 0 Å². The number of fused-ring (bicyclic) bond motifs is 1. The van der Waals surface area contributed by atoms with Gasteiger partial charge in [-0.25, -0.2) is 5.48 Å². The summed E-state index contributed by atoms with van der Waals surface area (Å²) in [6.07, 6.45) is -1.40. The summed E-state index contributed by atoms with van der Waals surface area (Å²) in [5, 5.41) is 8.97. The van der Waals surface area contributed by atoms with Gasteiger partial charge in [0.25, 0.3) is 5.91 Å². The molecule has 1 aromatic carbocycles. The molecule has 1 aromatic rings. The number of amides is 1. The molecule has 1 amide bonds. The standard InChI is InChI=1S/C12H15NO5/c1-8(14)6-17-13-12(15)11-7-16-9-4-2-3-5-10(9)18-11/h2-5,8,11,14H,6-7H2,1H3,(H,13,15). The maximum absolute atomic E-state index is 11.7. The number of aliphatic hydroxyl groups is 1. The summed E-state index contributed by atoms with van der Waals surface area (Å²) >= 11 is 0. The zero-order valence-corrected chi connectivity index (χ0v) is 9.96. The van der Waals surface area contributed by atoms with E-state index in [4.69, 9.17) is 19.4 Å². The van der Waals surface area contributed by atoms with Crippen molar-refractivity contribution < 1.29 is 24.2 Å². The molecule has 0 spiro atoms. The van der Waals surface area contributed by atoms with Crippen molar-refractivity contribution in [2.45, 2.75) is 19.1 Å². The molecular formula is C12H15NO5. The van der Waals surface area contributed by atoms with Crippen molar-refractivity contribution >= 4 is 5.91 Å². The highest BCUT2D eigenvalue weighted by Crippen LogP contribution is 2.30. The van der Waals surface area contributed by atoms with E-state index in [0.29, 0.717) is 11.5 Å². The summed E-state index contributed by atoms with van der Waals surface area (Å²) in [5.74, 6) is 0.705. The molecule has 0 aliphatic carbocycles. The number of ether oxygens (including phenoxy) is 2. The summed E-state index contributed by atoms with van der Waals surface area (Å²) in [5.41, 5.74) is 2.21. The quantitative estimate of drug-likeness (QED) is 0.752. The largest absolute Gasteiger partial charge is 0.485 e. The van der Waals surface area contributed by atoms with Crippen molar-refractivity contribution in [3.05, 3.63) is 24.3 Å². The first-order chi connectivity index (χ1) is 8.66. The van der Waals surface area contributed by atoms with E-state index in [1.807, 2.05) is 6.07 Å². The molecule has 2 N–H and O–H groups in total. The number of para-hydroxylation sites is 2. The molecule has 18 heavy (non-hydrogen) atoms. The van der Waals surface area contributed by atoms with Gasteiger partial charge in [0.1, 0.15) is 13.2 Å². The number of rotatable bonds is 4. The normalized spacial score (nSPS) is 19.1. The highest BCUT2D eigenvalue weighted by Gasteiger charge is 2.27. The SMILES string of the molecule is CC(O)CONC(=O)C1COc2ccccc2O1. The summed E-state index contributed by atoms with van der Waals surface area (Å²) < 4.78 is 10.9. The Balaban J connectivity index is 1.87. The summed E-state index contributed by atoms with van der Waals surface area (Å²) in [6, 6.07) is 7.12. The first-order valence-electron chi connectivity index (χ1n) is 5.65. The van der Waals surface area contributed by atoms with Crippen molar-refractivity contribution in [3.63, 3.8) is 0 Å². The van der Waals surface area contributed by atoms with Gasteiger partial charge in [-0.3, -0.25) is 9.63 Å². The van der Waals surface area contributed by atoms with Crippen LogP contribution in [-0.4, -0.2) is 36.4 Å². The van der Waals surface area contributed by atoms with Gasteiger partial charge in [-0.05, 0) is 19.1 Å². The predicted octanol–water partition coefficient (Wildman–Crippen LogP) is 0.255. The van der Waals surface area contributed by atoms with Crippen LogP contribution < -0.4 is 15.0 Å². The maximum atomic E-state index is 11.7. The average Bonchev–Trinajstić information content (AvgIpc) is 2.37. The molecule has 0 aromatic heterocycles. The highest BCUT2D eigenvalue weighted by atomic mass is 16.7. The highest BCUT2D eigenvalue weighted by molar-refractivity contribution is 5.80. The molecular weight excluding hydrogens is 238 g/mol. The minimum atomic E-state index is -0.756. The van der Waals surface area contributed by atoms with Gasteiger partial charge in [0.15, 0.2) is 11.5 Å². The van der Waals surface area contributed by atoms with Gasteiger partial charge in [0.05, 0.1) is 6.10 Å². The number of hydroxylamine groups is 1. The van der Waals surface area contributed by atoms with Crippen LogP contribution in [0, 0.1) is 0 Å². The van der Waals surface area contributed by atoms with E-state index in [2.05, 4.69) is 5.48 Å². The molecule has 1 heterocycles. The van der Waals surface area contributed by atoms with Gasteiger partial charge in [0.2, 0.25) is 6.10 Å². The van der Waals surface area contributed by atoms with Crippen molar-refractivity contribution in [2.24, 2.45) is 0 Å². The summed E-state index contributed by atoms with van der Waals surface area (Å²) in [4.78, 5) is 16.5. The van der Waals surface area contributed by atoms with Crippen LogP contribution >= 0.6 is 0 Å². The first kappa shape index (κ1) is 12.7. The molecule has 1 aliphatic heterocycles. The Morgan fingerprint density at radius 2 is 2.28 bits per heavy atom. The Morgan fingerprint density at radius 3 is 3.00 bits per heavy atom. The molecule has 6 nitrogen and oxygen atoms in total. The number of carbonyl (C=O) groups is 1. The number of benzene rings is 1. The third-order valence-corrected chi connectivity index (χ3v) is 2.30. The minimum absolute atomic E-state index is 0.0237. The Kier molecular flexibility index (Phi) is 4.01. The summed E-state index contributed by atoms with van der Waals surface area (Å²) in [7, 11) is 0. The second-order valence-electron chi connectivity index (χ2n) is 3.99. The number of nitrogens with one attached hydrogen (secondary N) is 1. The van der Waals surface area contributed by atoms with Crippen molar-refractivity contribution in [2.75, 3.05) is 13.2 Å². The van der Waals surface area contributed by atoms with Crippen molar-refractivity contribution in [1.29, 1.82) is 0 Å². The third kappa shape index (κ3) is 3.12. The maximum Gasteiger partial charge on any atom is 0.288 e. The van der Waals surface area contributed by atoms with Crippen LogP contribution in [0.15, 0.2) is 24.3 Å². The number of carbonyl (C=O) groups excluding carboxylic acids is 1. The molecule has 2 atom stereocenters. The van der Waals surface area contributed by atoms with E-state index in [1.54, 1.807) is 25.1 Å². The lowest BCUT2D eigenvalue weighted by atomic mass is 10.2. The smallest absolute Gasteiger partial charge is 0.288 e. The molecule has 0 saturated heterocycles. The second kappa shape index (κ2) is 5.70. The van der Waals surface area contributed by atoms with Crippen LogP contribution in [0.5, 0.6) is 11.5 Å².